The van der Waals surface area contributed by atoms with Gasteiger partial charge in [-0.05, 0) is 0 Å². The number of methoxy groups -OCH3 is 1. The van der Waals surface area contributed by atoms with Crippen LogP contribution in [0, 0.1) is 5.95 Å². The second-order valence-electron chi connectivity index (χ2n) is 2.02. The molecule has 4 nitrogen and oxygen atoms in total. The number of hydrogen-bond donors (Lipinski definition) is 1. The Bertz CT molecular complexity index is 314. The highest BCUT2D eigenvalue weighted by molar-refractivity contribution is 5.87. The third kappa shape index (κ3) is 1.50. The van der Waals surface area contributed by atoms with E-state index < -0.39 is 17.5 Å². The third-order valence-corrected chi connectivity index (χ3v) is 1.28. The molecule has 0 atom stereocenters. The second-order valence-corrected chi connectivity index (χ2v) is 2.02. The summed E-state index contributed by atoms with van der Waals surface area (Å²) in [6.45, 7) is 0. The summed E-state index contributed by atoms with van der Waals surface area (Å²) >= 11 is 0. The molecule has 0 aliphatic rings. The Morgan fingerprint density at radius 2 is 2.42 bits per heavy atom. The van der Waals surface area contributed by atoms with Gasteiger partial charge >= 0.3 is 5.97 Å². The first-order valence-corrected chi connectivity index (χ1v) is 3.08. The van der Waals surface area contributed by atoms with Gasteiger partial charge in [0.2, 0.25) is 5.95 Å². The van der Waals surface area contributed by atoms with Gasteiger partial charge in [0, 0.05) is 6.07 Å². The molecule has 1 N–H and O–H groups in total. The van der Waals surface area contributed by atoms with E-state index in [1.54, 1.807) is 0 Å². The lowest BCUT2D eigenvalue weighted by Gasteiger charge is -2.00. The Labute approximate surface area is 67.6 Å². The van der Waals surface area contributed by atoms with Crippen LogP contribution >= 0.6 is 0 Å². The molecule has 1 rings (SSSR count). The molecule has 0 spiro atoms. The average molecular weight is 171 g/mol. The van der Waals surface area contributed by atoms with Crippen LogP contribution in [-0.4, -0.2) is 23.2 Å². The monoisotopic (exact) mass is 171 g/mol. The van der Waals surface area contributed by atoms with Crippen molar-refractivity contribution in [2.75, 3.05) is 7.11 Å². The number of aromatic carboxylic acids is 1. The van der Waals surface area contributed by atoms with Gasteiger partial charge in [-0.1, -0.05) is 0 Å². The summed E-state index contributed by atoms with van der Waals surface area (Å²) in [4.78, 5) is 13.6. The van der Waals surface area contributed by atoms with Crippen LogP contribution in [0.3, 0.4) is 0 Å². The highest BCUT2D eigenvalue weighted by atomic mass is 19.1. The predicted octanol–water partition coefficient (Wildman–Crippen LogP) is 0.927. The fourth-order valence-electron chi connectivity index (χ4n) is 0.691. The van der Waals surface area contributed by atoms with Crippen molar-refractivity contribution in [1.82, 2.24) is 4.98 Å². The number of aromatic nitrogens is 1. The number of hydrogen-bond acceptors (Lipinski definition) is 3. The summed E-state index contributed by atoms with van der Waals surface area (Å²) in [7, 11) is 1.35. The summed E-state index contributed by atoms with van der Waals surface area (Å²) < 4.78 is 17.3. The van der Waals surface area contributed by atoms with Crippen LogP contribution in [0.25, 0.3) is 0 Å². The molecular formula is C7H6FNO3. The molecule has 1 aromatic heterocycles. The first kappa shape index (κ1) is 8.45. The van der Waals surface area contributed by atoms with E-state index in [9.17, 15) is 9.18 Å². The number of pyridine rings is 1. The molecule has 12 heavy (non-hydrogen) atoms. The number of carbonyl (C=O) groups is 1. The lowest BCUT2D eigenvalue weighted by Crippen LogP contribution is -2.02. The van der Waals surface area contributed by atoms with Gasteiger partial charge in [-0.15, -0.1) is 0 Å². The van der Waals surface area contributed by atoms with Gasteiger partial charge in [0.25, 0.3) is 0 Å². The fourth-order valence-corrected chi connectivity index (χ4v) is 0.691. The van der Waals surface area contributed by atoms with Crippen LogP contribution in [0.2, 0.25) is 0 Å². The van der Waals surface area contributed by atoms with E-state index in [4.69, 9.17) is 5.11 Å². The van der Waals surface area contributed by atoms with Crippen LogP contribution < -0.4 is 4.74 Å². The fraction of sp³-hybridized carbons (Fsp3) is 0.143. The quantitative estimate of drug-likeness (QED) is 0.672. The van der Waals surface area contributed by atoms with Gasteiger partial charge in [0.1, 0.15) is 11.3 Å². The van der Waals surface area contributed by atoms with E-state index in [-0.39, 0.29) is 5.75 Å². The SMILES string of the molecule is COc1cnc(F)c(C(=O)O)c1. The van der Waals surface area contributed by atoms with E-state index in [0.717, 1.165) is 12.3 Å². The summed E-state index contributed by atoms with van der Waals surface area (Å²) in [5.41, 5.74) is -0.491. The molecule has 64 valence electrons. The number of ether oxygens (including phenoxy) is 1. The Balaban J connectivity index is 3.17. The van der Waals surface area contributed by atoms with E-state index in [0.29, 0.717) is 0 Å². The minimum absolute atomic E-state index is 0.216. The average Bonchev–Trinajstić information content (AvgIpc) is 2.05. The molecule has 1 aromatic rings. The van der Waals surface area contributed by atoms with Crippen LogP contribution in [-0.2, 0) is 0 Å². The number of carboxylic acid groups (broad SMARTS) is 1. The lowest BCUT2D eigenvalue weighted by molar-refractivity contribution is 0.0690. The van der Waals surface area contributed by atoms with Crippen LogP contribution in [0.4, 0.5) is 4.39 Å². The molecule has 0 fully saturated rings. The van der Waals surface area contributed by atoms with Gasteiger partial charge in [-0.25, -0.2) is 9.78 Å². The third-order valence-electron chi connectivity index (χ3n) is 1.28. The molecule has 0 amide bonds. The number of carboxylic acids is 1. The summed E-state index contributed by atoms with van der Waals surface area (Å²) in [5, 5.41) is 8.45. The Hall–Kier alpha value is -1.65. The van der Waals surface area contributed by atoms with Crippen LogP contribution in [0.1, 0.15) is 10.4 Å². The minimum atomic E-state index is -1.36. The Morgan fingerprint density at radius 3 is 2.92 bits per heavy atom. The molecule has 0 saturated heterocycles. The van der Waals surface area contributed by atoms with Crippen molar-refractivity contribution in [2.24, 2.45) is 0 Å². The first-order valence-electron chi connectivity index (χ1n) is 3.08. The Morgan fingerprint density at radius 1 is 1.75 bits per heavy atom. The molecule has 5 heteroatoms. The van der Waals surface area contributed by atoms with E-state index in [2.05, 4.69) is 9.72 Å². The molecule has 1 heterocycles. The molecule has 0 aliphatic heterocycles. The van der Waals surface area contributed by atoms with Gasteiger partial charge in [0.05, 0.1) is 13.3 Å². The molecule has 0 aliphatic carbocycles. The van der Waals surface area contributed by atoms with Crippen LogP contribution in [0.5, 0.6) is 5.75 Å². The van der Waals surface area contributed by atoms with Crippen LogP contribution in [0.15, 0.2) is 12.3 Å². The van der Waals surface area contributed by atoms with Crippen molar-refractivity contribution in [3.63, 3.8) is 0 Å². The van der Waals surface area contributed by atoms with Crippen molar-refractivity contribution in [1.29, 1.82) is 0 Å². The molecular weight excluding hydrogens is 165 g/mol. The summed E-state index contributed by atoms with van der Waals surface area (Å²) in [6.07, 6.45) is 1.11. The maximum absolute atomic E-state index is 12.6. The zero-order valence-corrected chi connectivity index (χ0v) is 6.24. The van der Waals surface area contributed by atoms with Gasteiger partial charge in [-0.2, -0.15) is 4.39 Å². The smallest absolute Gasteiger partial charge is 0.340 e. The first-order chi connectivity index (χ1) is 5.65. The minimum Gasteiger partial charge on any atom is -0.495 e. The number of rotatable bonds is 2. The number of nitrogens with zero attached hydrogens (tertiary/aromatic N) is 1. The zero-order chi connectivity index (χ0) is 9.14. The molecule has 0 bridgehead atoms. The van der Waals surface area contributed by atoms with Crippen molar-refractivity contribution >= 4 is 5.97 Å². The maximum Gasteiger partial charge on any atom is 0.340 e. The van der Waals surface area contributed by atoms with E-state index in [1.807, 2.05) is 0 Å². The van der Waals surface area contributed by atoms with Crippen molar-refractivity contribution in [2.45, 2.75) is 0 Å². The van der Waals surface area contributed by atoms with Crippen molar-refractivity contribution in [3.8, 4) is 5.75 Å². The van der Waals surface area contributed by atoms with E-state index >= 15 is 0 Å². The zero-order valence-electron chi connectivity index (χ0n) is 6.24. The molecule has 0 saturated carbocycles. The summed E-state index contributed by atoms with van der Waals surface area (Å²) in [6, 6.07) is 1.07. The highest BCUT2D eigenvalue weighted by Crippen LogP contribution is 2.13. The molecule has 0 aromatic carbocycles. The second kappa shape index (κ2) is 3.17. The van der Waals surface area contributed by atoms with Gasteiger partial charge in [0.15, 0.2) is 0 Å². The molecule has 0 unspecified atom stereocenters. The van der Waals surface area contributed by atoms with E-state index in [1.165, 1.54) is 7.11 Å². The molecule has 0 radical (unpaired) electrons. The highest BCUT2D eigenvalue weighted by Gasteiger charge is 2.11. The van der Waals surface area contributed by atoms with Gasteiger partial charge < -0.3 is 9.84 Å². The maximum atomic E-state index is 12.6. The lowest BCUT2D eigenvalue weighted by atomic mass is 10.3. The van der Waals surface area contributed by atoms with Crippen molar-refractivity contribution < 1.29 is 19.0 Å². The van der Waals surface area contributed by atoms with Gasteiger partial charge in [-0.3, -0.25) is 0 Å². The largest absolute Gasteiger partial charge is 0.495 e. The summed E-state index contributed by atoms with van der Waals surface area (Å²) in [5.74, 6) is -2.16. The topological polar surface area (TPSA) is 59.4 Å². The Kier molecular flexibility index (Phi) is 2.23. The number of halogens is 1. The predicted molar refractivity (Wildman–Crippen MR) is 37.7 cm³/mol. The van der Waals surface area contributed by atoms with Crippen molar-refractivity contribution in [3.05, 3.63) is 23.8 Å². The standard InChI is InChI=1S/C7H6FNO3/c1-12-4-2-5(7(10)11)6(8)9-3-4/h2-3H,1H3,(H,10,11). The normalized spacial score (nSPS) is 9.50.